The number of ether oxygens (including phenoxy) is 1. The molecule has 2 N–H and O–H groups in total. The van der Waals surface area contributed by atoms with E-state index in [0.29, 0.717) is 22.9 Å². The number of nitrogen functional groups attached to an aromatic ring is 1. The fourth-order valence-corrected chi connectivity index (χ4v) is 1.81. The standard InChI is InChI=1S/C15H12FN3O2/c16-10-4-3-5-11(8-10)20-9-14-18-19-15(21-14)12-6-1-2-7-13(12)17/h1-8H,9,17H2. The van der Waals surface area contributed by atoms with Crippen LogP contribution in [0.5, 0.6) is 5.75 Å². The van der Waals surface area contributed by atoms with E-state index < -0.39 is 0 Å². The zero-order chi connectivity index (χ0) is 14.7. The van der Waals surface area contributed by atoms with Crippen molar-refractivity contribution in [1.29, 1.82) is 0 Å². The van der Waals surface area contributed by atoms with Gasteiger partial charge in [-0.05, 0) is 24.3 Å². The van der Waals surface area contributed by atoms with Crippen LogP contribution in [0.2, 0.25) is 0 Å². The van der Waals surface area contributed by atoms with Crippen molar-refractivity contribution in [2.45, 2.75) is 6.61 Å². The molecule has 0 saturated carbocycles. The van der Waals surface area contributed by atoms with E-state index in [-0.39, 0.29) is 18.3 Å². The van der Waals surface area contributed by atoms with Crippen molar-refractivity contribution in [1.82, 2.24) is 10.2 Å². The minimum absolute atomic E-state index is 0.0587. The van der Waals surface area contributed by atoms with Gasteiger partial charge in [0.25, 0.3) is 5.89 Å². The molecule has 2 aromatic carbocycles. The number of rotatable bonds is 4. The number of aromatic nitrogens is 2. The third kappa shape index (κ3) is 3.00. The first-order valence-corrected chi connectivity index (χ1v) is 6.28. The Balaban J connectivity index is 1.72. The molecule has 0 atom stereocenters. The summed E-state index contributed by atoms with van der Waals surface area (Å²) in [6.45, 7) is 0.0587. The van der Waals surface area contributed by atoms with Crippen LogP contribution in [0.15, 0.2) is 52.9 Å². The molecule has 0 bridgehead atoms. The second-order valence-corrected chi connectivity index (χ2v) is 4.33. The molecule has 0 saturated heterocycles. The van der Waals surface area contributed by atoms with E-state index in [1.54, 1.807) is 24.3 Å². The van der Waals surface area contributed by atoms with Gasteiger partial charge in [-0.2, -0.15) is 0 Å². The van der Waals surface area contributed by atoms with Crippen LogP contribution in [0.1, 0.15) is 5.89 Å². The molecule has 106 valence electrons. The molecule has 1 heterocycles. The number of nitrogens with zero attached hydrogens (tertiary/aromatic N) is 2. The Kier molecular flexibility index (Phi) is 3.51. The molecule has 3 aromatic rings. The average Bonchev–Trinajstić information content (AvgIpc) is 2.94. The first-order valence-electron chi connectivity index (χ1n) is 6.28. The Morgan fingerprint density at radius 3 is 2.76 bits per heavy atom. The molecule has 5 nitrogen and oxygen atoms in total. The number of hydrogen-bond acceptors (Lipinski definition) is 5. The summed E-state index contributed by atoms with van der Waals surface area (Å²) in [4.78, 5) is 0. The maximum absolute atomic E-state index is 13.0. The summed E-state index contributed by atoms with van der Waals surface area (Å²) in [5, 5.41) is 7.81. The Hall–Kier alpha value is -2.89. The second-order valence-electron chi connectivity index (χ2n) is 4.33. The highest BCUT2D eigenvalue weighted by atomic mass is 19.1. The van der Waals surface area contributed by atoms with E-state index in [1.807, 2.05) is 12.1 Å². The van der Waals surface area contributed by atoms with Gasteiger partial charge in [-0.3, -0.25) is 0 Å². The third-order valence-electron chi connectivity index (χ3n) is 2.82. The van der Waals surface area contributed by atoms with Gasteiger partial charge < -0.3 is 14.9 Å². The molecule has 0 unspecified atom stereocenters. The van der Waals surface area contributed by atoms with Gasteiger partial charge >= 0.3 is 0 Å². The smallest absolute Gasteiger partial charge is 0.254 e. The van der Waals surface area contributed by atoms with Gasteiger partial charge in [-0.25, -0.2) is 4.39 Å². The van der Waals surface area contributed by atoms with Crippen LogP contribution in [-0.2, 0) is 6.61 Å². The lowest BCUT2D eigenvalue weighted by molar-refractivity contribution is 0.263. The number of benzene rings is 2. The summed E-state index contributed by atoms with van der Waals surface area (Å²) in [5.41, 5.74) is 7.07. The fourth-order valence-electron chi connectivity index (χ4n) is 1.81. The molecule has 21 heavy (non-hydrogen) atoms. The van der Waals surface area contributed by atoms with Crippen molar-refractivity contribution >= 4 is 5.69 Å². The van der Waals surface area contributed by atoms with Crippen molar-refractivity contribution in [2.75, 3.05) is 5.73 Å². The Bertz CT molecular complexity index is 758. The highest BCUT2D eigenvalue weighted by Gasteiger charge is 2.11. The van der Waals surface area contributed by atoms with E-state index in [0.717, 1.165) is 0 Å². The topological polar surface area (TPSA) is 74.2 Å². The van der Waals surface area contributed by atoms with Gasteiger partial charge in [0.1, 0.15) is 11.6 Å². The van der Waals surface area contributed by atoms with Gasteiger partial charge in [0, 0.05) is 11.8 Å². The number of para-hydroxylation sites is 1. The van der Waals surface area contributed by atoms with Crippen LogP contribution in [0.4, 0.5) is 10.1 Å². The normalized spacial score (nSPS) is 10.5. The summed E-state index contributed by atoms with van der Waals surface area (Å²) < 4.78 is 23.9. The van der Waals surface area contributed by atoms with E-state index >= 15 is 0 Å². The summed E-state index contributed by atoms with van der Waals surface area (Å²) in [6.07, 6.45) is 0. The van der Waals surface area contributed by atoms with Crippen LogP contribution >= 0.6 is 0 Å². The Labute approximate surface area is 120 Å². The highest BCUT2D eigenvalue weighted by molar-refractivity contribution is 5.69. The molecule has 0 spiro atoms. The van der Waals surface area contributed by atoms with Gasteiger partial charge in [0.15, 0.2) is 6.61 Å². The van der Waals surface area contributed by atoms with Crippen LogP contribution in [-0.4, -0.2) is 10.2 Å². The first kappa shape index (κ1) is 13.1. The van der Waals surface area contributed by atoms with Crippen molar-refractivity contribution < 1.29 is 13.5 Å². The SMILES string of the molecule is Nc1ccccc1-c1nnc(COc2cccc(F)c2)o1. The minimum atomic E-state index is -0.365. The lowest BCUT2D eigenvalue weighted by Crippen LogP contribution is -1.95. The maximum Gasteiger partial charge on any atom is 0.254 e. The minimum Gasteiger partial charge on any atom is -0.484 e. The number of nitrogens with two attached hydrogens (primary N) is 1. The zero-order valence-electron chi connectivity index (χ0n) is 11.0. The second kappa shape index (κ2) is 5.62. The molecule has 0 radical (unpaired) electrons. The monoisotopic (exact) mass is 285 g/mol. The van der Waals surface area contributed by atoms with Crippen molar-refractivity contribution in [3.05, 3.63) is 60.2 Å². The molecule has 0 aliphatic carbocycles. The summed E-state index contributed by atoms with van der Waals surface area (Å²) in [6, 6.07) is 13.0. The molecule has 0 aliphatic heterocycles. The predicted molar refractivity (Wildman–Crippen MR) is 74.9 cm³/mol. The van der Waals surface area contributed by atoms with E-state index in [9.17, 15) is 4.39 Å². The highest BCUT2D eigenvalue weighted by Crippen LogP contribution is 2.24. The molecule has 0 aliphatic rings. The fraction of sp³-hybridized carbons (Fsp3) is 0.0667. The van der Waals surface area contributed by atoms with Crippen LogP contribution < -0.4 is 10.5 Å². The first-order chi connectivity index (χ1) is 10.2. The van der Waals surface area contributed by atoms with Gasteiger partial charge in [-0.1, -0.05) is 18.2 Å². The average molecular weight is 285 g/mol. The third-order valence-corrected chi connectivity index (χ3v) is 2.82. The van der Waals surface area contributed by atoms with Crippen LogP contribution in [0, 0.1) is 5.82 Å². The predicted octanol–water partition coefficient (Wildman–Crippen LogP) is 3.04. The van der Waals surface area contributed by atoms with Crippen molar-refractivity contribution in [3.8, 4) is 17.2 Å². The number of anilines is 1. The molecular formula is C15H12FN3O2. The van der Waals surface area contributed by atoms with Crippen LogP contribution in [0.3, 0.4) is 0 Å². The van der Waals surface area contributed by atoms with E-state index in [2.05, 4.69) is 10.2 Å². The van der Waals surface area contributed by atoms with Crippen molar-refractivity contribution in [2.24, 2.45) is 0 Å². The summed E-state index contributed by atoms with van der Waals surface area (Å²) in [7, 11) is 0. The molecule has 0 fully saturated rings. The van der Waals surface area contributed by atoms with Gasteiger partial charge in [0.2, 0.25) is 5.89 Å². The quantitative estimate of drug-likeness (QED) is 0.746. The van der Waals surface area contributed by atoms with Crippen molar-refractivity contribution in [3.63, 3.8) is 0 Å². The molecule has 1 aromatic heterocycles. The molecular weight excluding hydrogens is 273 g/mol. The molecule has 0 amide bonds. The summed E-state index contributed by atoms with van der Waals surface area (Å²) >= 11 is 0. The molecule has 3 rings (SSSR count). The lowest BCUT2D eigenvalue weighted by Gasteiger charge is -2.02. The van der Waals surface area contributed by atoms with Gasteiger partial charge in [0.05, 0.1) is 5.56 Å². The number of hydrogen-bond donors (Lipinski definition) is 1. The maximum atomic E-state index is 13.0. The Morgan fingerprint density at radius 2 is 1.95 bits per heavy atom. The zero-order valence-corrected chi connectivity index (χ0v) is 11.0. The summed E-state index contributed by atoms with van der Waals surface area (Å²) in [5.74, 6) is 0.646. The Morgan fingerprint density at radius 1 is 1.10 bits per heavy atom. The lowest BCUT2D eigenvalue weighted by atomic mass is 10.2. The van der Waals surface area contributed by atoms with Gasteiger partial charge in [-0.15, -0.1) is 10.2 Å². The largest absolute Gasteiger partial charge is 0.484 e. The number of halogens is 1. The van der Waals surface area contributed by atoms with E-state index in [4.69, 9.17) is 14.9 Å². The van der Waals surface area contributed by atoms with Crippen LogP contribution in [0.25, 0.3) is 11.5 Å². The molecule has 6 heteroatoms. The van der Waals surface area contributed by atoms with E-state index in [1.165, 1.54) is 12.1 Å².